The minimum atomic E-state index is 0.430. The molecule has 0 heteroatoms. The molecular weight excluding hydrogens is 324 g/mol. The van der Waals surface area contributed by atoms with E-state index in [1.165, 1.54) is 51.4 Å². The third-order valence-corrected chi connectivity index (χ3v) is 8.27. The Balaban J connectivity index is 4.90. The standard InChI is InChI=1S/C27H54/c1-11-15-25(8)27(10,19-14-16-23(6)20-22(5)13-3)26(9)24(7)18-17-21(4)12-2/h11,21-26H,1,12-20H2,2-10H3. The quantitative estimate of drug-likeness (QED) is 0.234. The maximum atomic E-state index is 4.04. The minimum absolute atomic E-state index is 0.430. The third-order valence-electron chi connectivity index (χ3n) is 8.27. The highest BCUT2D eigenvalue weighted by Gasteiger charge is 2.38. The van der Waals surface area contributed by atoms with Gasteiger partial charge in [0.2, 0.25) is 0 Å². The van der Waals surface area contributed by atoms with Crippen LogP contribution in [-0.4, -0.2) is 0 Å². The zero-order chi connectivity index (χ0) is 21.0. The van der Waals surface area contributed by atoms with Gasteiger partial charge in [0.15, 0.2) is 0 Å². The summed E-state index contributed by atoms with van der Waals surface area (Å²) in [6, 6.07) is 0. The molecule has 0 fully saturated rings. The van der Waals surface area contributed by atoms with Crippen molar-refractivity contribution in [3.05, 3.63) is 12.7 Å². The van der Waals surface area contributed by atoms with Crippen molar-refractivity contribution in [1.29, 1.82) is 0 Å². The first-order valence-corrected chi connectivity index (χ1v) is 12.2. The Hall–Kier alpha value is -0.260. The van der Waals surface area contributed by atoms with Crippen LogP contribution >= 0.6 is 0 Å². The molecule has 162 valence electrons. The van der Waals surface area contributed by atoms with Gasteiger partial charge in [-0.25, -0.2) is 0 Å². The van der Waals surface area contributed by atoms with Gasteiger partial charge in [-0.2, -0.15) is 0 Å². The average Bonchev–Trinajstić information content (AvgIpc) is 2.64. The van der Waals surface area contributed by atoms with Crippen LogP contribution in [0.3, 0.4) is 0 Å². The van der Waals surface area contributed by atoms with Crippen LogP contribution < -0.4 is 0 Å². The lowest BCUT2D eigenvalue weighted by Gasteiger charge is -2.44. The van der Waals surface area contributed by atoms with Crippen molar-refractivity contribution in [3.63, 3.8) is 0 Å². The minimum Gasteiger partial charge on any atom is -0.103 e. The topological polar surface area (TPSA) is 0 Å². The first-order valence-electron chi connectivity index (χ1n) is 12.2. The van der Waals surface area contributed by atoms with E-state index in [9.17, 15) is 0 Å². The number of allylic oxidation sites excluding steroid dienone is 1. The summed E-state index contributed by atoms with van der Waals surface area (Å²) < 4.78 is 0. The molecular formula is C27H54. The van der Waals surface area contributed by atoms with E-state index in [1.54, 1.807) is 0 Å². The van der Waals surface area contributed by atoms with E-state index < -0.39 is 0 Å². The maximum absolute atomic E-state index is 4.04. The van der Waals surface area contributed by atoms with E-state index in [4.69, 9.17) is 0 Å². The van der Waals surface area contributed by atoms with Gasteiger partial charge in [0.1, 0.15) is 0 Å². The van der Waals surface area contributed by atoms with E-state index in [0.717, 1.165) is 41.9 Å². The molecule has 7 atom stereocenters. The van der Waals surface area contributed by atoms with Crippen molar-refractivity contribution < 1.29 is 0 Å². The third kappa shape index (κ3) is 9.67. The lowest BCUT2D eigenvalue weighted by Crippen LogP contribution is -2.36. The Labute approximate surface area is 174 Å². The van der Waals surface area contributed by atoms with Crippen LogP contribution in [-0.2, 0) is 0 Å². The normalized spacial score (nSPS) is 20.9. The first-order chi connectivity index (χ1) is 12.6. The number of hydrogen-bond donors (Lipinski definition) is 0. The molecule has 0 aliphatic carbocycles. The zero-order valence-electron chi connectivity index (χ0n) is 20.6. The predicted molar refractivity (Wildman–Crippen MR) is 126 cm³/mol. The van der Waals surface area contributed by atoms with Gasteiger partial charge in [-0.1, -0.05) is 107 Å². The van der Waals surface area contributed by atoms with E-state index in [0.29, 0.717) is 5.41 Å². The first kappa shape index (κ1) is 26.7. The lowest BCUT2D eigenvalue weighted by atomic mass is 9.61. The maximum Gasteiger partial charge on any atom is -0.0269 e. The summed E-state index contributed by atoms with van der Waals surface area (Å²) in [6.07, 6.45) is 14.3. The molecule has 0 saturated carbocycles. The van der Waals surface area contributed by atoms with Gasteiger partial charge in [-0.3, -0.25) is 0 Å². The van der Waals surface area contributed by atoms with Crippen molar-refractivity contribution in [2.75, 3.05) is 0 Å². The molecule has 0 spiro atoms. The smallest absolute Gasteiger partial charge is 0.0269 e. The molecule has 0 N–H and O–H groups in total. The SMILES string of the molecule is C=CCC(C)C(C)(CCCC(C)CC(C)CC)C(C)C(C)CCC(C)CC. The Morgan fingerprint density at radius 3 is 1.93 bits per heavy atom. The molecule has 0 heterocycles. The fraction of sp³-hybridized carbons (Fsp3) is 0.926. The highest BCUT2D eigenvalue weighted by molar-refractivity contribution is 4.90. The summed E-state index contributed by atoms with van der Waals surface area (Å²) in [6.45, 7) is 26.1. The molecule has 0 amide bonds. The molecule has 0 saturated heterocycles. The van der Waals surface area contributed by atoms with Crippen molar-refractivity contribution in [1.82, 2.24) is 0 Å². The summed E-state index contributed by atoms with van der Waals surface area (Å²) in [5.74, 6) is 4.94. The van der Waals surface area contributed by atoms with Gasteiger partial charge in [-0.05, 0) is 60.2 Å². The molecule has 0 radical (unpaired) electrons. The fourth-order valence-corrected chi connectivity index (χ4v) is 4.90. The molecule has 0 aliphatic heterocycles. The largest absolute Gasteiger partial charge is 0.103 e. The number of rotatable bonds is 16. The fourth-order valence-electron chi connectivity index (χ4n) is 4.90. The highest BCUT2D eigenvalue weighted by Crippen LogP contribution is 2.46. The van der Waals surface area contributed by atoms with Gasteiger partial charge in [0.05, 0.1) is 0 Å². The molecule has 0 rings (SSSR count). The summed E-state index contributed by atoms with van der Waals surface area (Å²) in [7, 11) is 0. The van der Waals surface area contributed by atoms with Crippen LogP contribution in [0, 0.1) is 40.9 Å². The van der Waals surface area contributed by atoms with Gasteiger partial charge < -0.3 is 0 Å². The van der Waals surface area contributed by atoms with Crippen LogP contribution in [0.1, 0.15) is 120 Å². The lowest BCUT2D eigenvalue weighted by molar-refractivity contribution is 0.0556. The van der Waals surface area contributed by atoms with Crippen LogP contribution in [0.25, 0.3) is 0 Å². The monoisotopic (exact) mass is 378 g/mol. The summed E-state index contributed by atoms with van der Waals surface area (Å²) >= 11 is 0. The van der Waals surface area contributed by atoms with Crippen molar-refractivity contribution >= 4 is 0 Å². The average molecular weight is 379 g/mol. The Morgan fingerprint density at radius 2 is 1.41 bits per heavy atom. The van der Waals surface area contributed by atoms with Crippen LogP contribution in [0.15, 0.2) is 12.7 Å². The second-order valence-electron chi connectivity index (χ2n) is 10.5. The molecule has 27 heavy (non-hydrogen) atoms. The van der Waals surface area contributed by atoms with Crippen molar-refractivity contribution in [2.24, 2.45) is 40.9 Å². The van der Waals surface area contributed by atoms with Crippen molar-refractivity contribution in [2.45, 2.75) is 120 Å². The van der Waals surface area contributed by atoms with Gasteiger partial charge in [0, 0.05) is 0 Å². The van der Waals surface area contributed by atoms with Crippen LogP contribution in [0.5, 0.6) is 0 Å². The van der Waals surface area contributed by atoms with Crippen molar-refractivity contribution in [3.8, 4) is 0 Å². The summed E-state index contributed by atoms with van der Waals surface area (Å²) in [5.41, 5.74) is 0.430. The van der Waals surface area contributed by atoms with E-state index in [1.807, 2.05) is 0 Å². The molecule has 0 aromatic carbocycles. The van der Waals surface area contributed by atoms with Crippen LogP contribution in [0.4, 0.5) is 0 Å². The molecule has 0 nitrogen and oxygen atoms in total. The van der Waals surface area contributed by atoms with E-state index in [2.05, 4.69) is 75.0 Å². The van der Waals surface area contributed by atoms with Gasteiger partial charge in [-0.15, -0.1) is 6.58 Å². The second-order valence-corrected chi connectivity index (χ2v) is 10.5. The predicted octanol–water partition coefficient (Wildman–Crippen LogP) is 9.55. The van der Waals surface area contributed by atoms with Gasteiger partial charge >= 0.3 is 0 Å². The number of hydrogen-bond acceptors (Lipinski definition) is 0. The van der Waals surface area contributed by atoms with E-state index in [-0.39, 0.29) is 0 Å². The molecule has 7 unspecified atom stereocenters. The molecule has 0 aliphatic rings. The summed E-state index contributed by atoms with van der Waals surface area (Å²) in [5, 5.41) is 0. The van der Waals surface area contributed by atoms with Gasteiger partial charge in [0.25, 0.3) is 0 Å². The van der Waals surface area contributed by atoms with E-state index >= 15 is 0 Å². The molecule has 0 bridgehead atoms. The van der Waals surface area contributed by atoms with Crippen LogP contribution in [0.2, 0.25) is 0 Å². The second kappa shape index (κ2) is 13.8. The highest BCUT2D eigenvalue weighted by atomic mass is 14.4. The zero-order valence-corrected chi connectivity index (χ0v) is 20.6. The Morgan fingerprint density at radius 1 is 0.815 bits per heavy atom. The summed E-state index contributed by atoms with van der Waals surface area (Å²) in [4.78, 5) is 0. The molecule has 0 aromatic rings. The Kier molecular flexibility index (Phi) is 13.7. The Bertz CT molecular complexity index is 370. The molecule has 0 aromatic heterocycles.